The number of methoxy groups -OCH3 is 1. The van der Waals surface area contributed by atoms with Crippen LogP contribution in [-0.2, 0) is 20.8 Å². The highest BCUT2D eigenvalue weighted by molar-refractivity contribution is 5.96. The summed E-state index contributed by atoms with van der Waals surface area (Å²) in [6.07, 6.45) is 0.0285. The van der Waals surface area contributed by atoms with Gasteiger partial charge >= 0.3 is 5.69 Å². The van der Waals surface area contributed by atoms with E-state index in [0.717, 1.165) is 0 Å². The van der Waals surface area contributed by atoms with E-state index in [-0.39, 0.29) is 55.2 Å². The molecule has 0 radical (unpaired) electrons. The van der Waals surface area contributed by atoms with Gasteiger partial charge in [0.15, 0.2) is 5.69 Å². The van der Waals surface area contributed by atoms with E-state index in [1.165, 1.54) is 16.6 Å². The third-order valence-electron chi connectivity index (χ3n) is 4.71. The fourth-order valence-electron chi connectivity index (χ4n) is 3.62. The first kappa shape index (κ1) is 23.1. The number of nitrogens with zero attached hydrogens (tertiary/aromatic N) is 3. The van der Waals surface area contributed by atoms with Gasteiger partial charge in [-0.05, 0) is 19.8 Å². The summed E-state index contributed by atoms with van der Waals surface area (Å²) in [5.41, 5.74) is 4.92. The zero-order chi connectivity index (χ0) is 21.7. The maximum absolute atomic E-state index is 13.1. The first-order valence-corrected chi connectivity index (χ1v) is 9.93. The number of nitrogens with one attached hydrogen (secondary N) is 1. The number of H-pyrrole nitrogens is 1. The Morgan fingerprint density at radius 1 is 1.31 bits per heavy atom. The molecule has 0 spiro atoms. The van der Waals surface area contributed by atoms with E-state index >= 15 is 0 Å². The monoisotopic (exact) mass is 411 g/mol. The van der Waals surface area contributed by atoms with Crippen LogP contribution in [0.15, 0.2) is 9.59 Å². The molecule has 0 aromatic carbocycles. The molecule has 10 heteroatoms. The van der Waals surface area contributed by atoms with Crippen LogP contribution in [0.25, 0.3) is 0 Å². The predicted molar refractivity (Wildman–Crippen MR) is 111 cm³/mol. The van der Waals surface area contributed by atoms with Crippen molar-refractivity contribution in [2.75, 3.05) is 50.5 Å². The normalized spacial score (nSPS) is 20.2. The van der Waals surface area contributed by atoms with E-state index in [4.69, 9.17) is 15.2 Å². The molecule has 0 aliphatic carbocycles. The molecule has 2 atom stereocenters. The number of hydrogen-bond donors (Lipinski definition) is 2. The second-order valence-corrected chi connectivity index (χ2v) is 7.99. The number of morpholine rings is 1. The SMILES string of the molecule is COCCN(C(=O)CN1CC(C)OC(C)C1)c1c(N)n(CC(C)C)c(=O)[nH]c1=O. The number of aromatic nitrogens is 2. The van der Waals surface area contributed by atoms with Gasteiger partial charge in [-0.25, -0.2) is 4.79 Å². The van der Waals surface area contributed by atoms with Crippen molar-refractivity contribution in [3.63, 3.8) is 0 Å². The molecular formula is C19H33N5O5. The number of ether oxygens (including phenoxy) is 2. The Balaban J connectivity index is 2.37. The number of rotatable bonds is 8. The van der Waals surface area contributed by atoms with E-state index in [0.29, 0.717) is 19.6 Å². The molecule has 0 bridgehead atoms. The number of hydrogen-bond acceptors (Lipinski definition) is 7. The molecule has 1 aromatic rings. The van der Waals surface area contributed by atoms with Gasteiger partial charge in [-0.2, -0.15) is 0 Å². The summed E-state index contributed by atoms with van der Waals surface area (Å²) in [6.45, 7) is 9.85. The average molecular weight is 412 g/mol. The Kier molecular flexibility index (Phi) is 8.00. The lowest BCUT2D eigenvalue weighted by molar-refractivity contribution is -0.123. The van der Waals surface area contributed by atoms with Crippen LogP contribution in [0.2, 0.25) is 0 Å². The Morgan fingerprint density at radius 3 is 2.48 bits per heavy atom. The van der Waals surface area contributed by atoms with E-state index in [1.54, 1.807) is 0 Å². The summed E-state index contributed by atoms with van der Waals surface area (Å²) >= 11 is 0. The zero-order valence-corrected chi connectivity index (χ0v) is 17.9. The molecule has 2 rings (SSSR count). The molecule has 2 heterocycles. The first-order valence-electron chi connectivity index (χ1n) is 9.93. The van der Waals surface area contributed by atoms with Crippen LogP contribution in [-0.4, -0.2) is 72.5 Å². The van der Waals surface area contributed by atoms with Gasteiger partial charge in [0.05, 0.1) is 25.4 Å². The number of anilines is 2. The fraction of sp³-hybridized carbons (Fsp3) is 0.737. The van der Waals surface area contributed by atoms with Gasteiger partial charge in [0.2, 0.25) is 5.91 Å². The van der Waals surface area contributed by atoms with Gasteiger partial charge in [0, 0.05) is 33.3 Å². The standard InChI is InChI=1S/C19H33N5O5/c1-12(2)8-24-17(20)16(18(26)21-19(24)27)23(6-7-28-5)15(25)11-22-9-13(3)29-14(4)10-22/h12-14H,6-11,20H2,1-5H3,(H,21,26,27). The summed E-state index contributed by atoms with van der Waals surface area (Å²) < 4.78 is 12.1. The average Bonchev–Trinajstić information content (AvgIpc) is 2.60. The highest BCUT2D eigenvalue weighted by Gasteiger charge is 2.29. The summed E-state index contributed by atoms with van der Waals surface area (Å²) in [4.78, 5) is 43.6. The van der Waals surface area contributed by atoms with Crippen molar-refractivity contribution in [3.05, 3.63) is 20.8 Å². The lowest BCUT2D eigenvalue weighted by atomic mass is 10.2. The molecule has 1 amide bonds. The second kappa shape index (κ2) is 10.0. The summed E-state index contributed by atoms with van der Waals surface area (Å²) in [5.74, 6) is -0.163. The molecule has 1 fully saturated rings. The van der Waals surface area contributed by atoms with E-state index in [9.17, 15) is 14.4 Å². The predicted octanol–water partition coefficient (Wildman–Crippen LogP) is -0.137. The minimum absolute atomic E-state index is 0.0124. The van der Waals surface area contributed by atoms with Crippen LogP contribution in [0, 0.1) is 5.92 Å². The quantitative estimate of drug-likeness (QED) is 0.610. The van der Waals surface area contributed by atoms with Gasteiger partial charge < -0.3 is 20.1 Å². The second-order valence-electron chi connectivity index (χ2n) is 7.99. The molecule has 1 aliphatic heterocycles. The summed E-state index contributed by atoms with van der Waals surface area (Å²) in [7, 11) is 1.52. The molecule has 0 saturated carbocycles. The smallest absolute Gasteiger partial charge is 0.330 e. The van der Waals surface area contributed by atoms with Gasteiger partial charge in [0.1, 0.15) is 5.82 Å². The number of aromatic amines is 1. The highest BCUT2D eigenvalue weighted by Crippen LogP contribution is 2.19. The van der Waals surface area contributed by atoms with Crippen LogP contribution in [0.5, 0.6) is 0 Å². The molecule has 3 N–H and O–H groups in total. The number of nitrogens with two attached hydrogens (primary N) is 1. The third kappa shape index (κ3) is 5.91. The lowest BCUT2D eigenvalue weighted by Crippen LogP contribution is -2.51. The minimum atomic E-state index is -0.680. The number of carbonyl (C=O) groups is 1. The van der Waals surface area contributed by atoms with Gasteiger partial charge in [-0.15, -0.1) is 0 Å². The van der Waals surface area contributed by atoms with Crippen LogP contribution < -0.4 is 21.9 Å². The zero-order valence-electron chi connectivity index (χ0n) is 17.9. The number of nitrogen functional groups attached to an aromatic ring is 1. The van der Waals surface area contributed by atoms with E-state index in [2.05, 4.69) is 4.98 Å². The Bertz CT molecular complexity index is 808. The van der Waals surface area contributed by atoms with E-state index in [1.807, 2.05) is 32.6 Å². The van der Waals surface area contributed by atoms with E-state index < -0.39 is 11.2 Å². The van der Waals surface area contributed by atoms with Crippen molar-refractivity contribution in [2.45, 2.75) is 46.4 Å². The first-order chi connectivity index (χ1) is 13.6. The van der Waals surface area contributed by atoms with Crippen molar-refractivity contribution in [2.24, 2.45) is 5.92 Å². The number of amides is 1. The molecule has 1 aliphatic rings. The van der Waals surface area contributed by atoms with Crippen molar-refractivity contribution >= 4 is 17.4 Å². The van der Waals surface area contributed by atoms with Crippen LogP contribution >= 0.6 is 0 Å². The van der Waals surface area contributed by atoms with Crippen molar-refractivity contribution in [1.29, 1.82) is 0 Å². The van der Waals surface area contributed by atoms with Crippen molar-refractivity contribution < 1.29 is 14.3 Å². The molecule has 29 heavy (non-hydrogen) atoms. The third-order valence-corrected chi connectivity index (χ3v) is 4.71. The molecular weight excluding hydrogens is 378 g/mol. The van der Waals surface area contributed by atoms with Crippen LogP contribution in [0.4, 0.5) is 11.5 Å². The molecule has 1 saturated heterocycles. The molecule has 2 unspecified atom stereocenters. The van der Waals surface area contributed by atoms with Crippen molar-refractivity contribution in [3.8, 4) is 0 Å². The largest absolute Gasteiger partial charge is 0.383 e. The number of carbonyl (C=O) groups excluding carboxylic acids is 1. The highest BCUT2D eigenvalue weighted by atomic mass is 16.5. The Hall–Kier alpha value is -2.17. The lowest BCUT2D eigenvalue weighted by Gasteiger charge is -2.36. The van der Waals surface area contributed by atoms with Crippen LogP contribution in [0.3, 0.4) is 0 Å². The molecule has 164 valence electrons. The fourth-order valence-corrected chi connectivity index (χ4v) is 3.62. The minimum Gasteiger partial charge on any atom is -0.383 e. The van der Waals surface area contributed by atoms with Crippen molar-refractivity contribution in [1.82, 2.24) is 14.5 Å². The molecule has 10 nitrogen and oxygen atoms in total. The summed E-state index contributed by atoms with van der Waals surface area (Å²) in [6, 6.07) is 0. The Labute approximate surface area is 170 Å². The van der Waals surface area contributed by atoms with Gasteiger partial charge in [0.25, 0.3) is 5.56 Å². The summed E-state index contributed by atoms with van der Waals surface area (Å²) in [5, 5.41) is 0. The van der Waals surface area contributed by atoms with Gasteiger partial charge in [-0.3, -0.25) is 24.0 Å². The topological polar surface area (TPSA) is 123 Å². The Morgan fingerprint density at radius 2 is 1.93 bits per heavy atom. The maximum atomic E-state index is 13.1. The molecule has 1 aromatic heterocycles. The van der Waals surface area contributed by atoms with Crippen LogP contribution in [0.1, 0.15) is 27.7 Å². The van der Waals surface area contributed by atoms with Gasteiger partial charge in [-0.1, -0.05) is 13.8 Å². The maximum Gasteiger partial charge on any atom is 0.330 e.